The van der Waals surface area contributed by atoms with Crippen molar-refractivity contribution in [3.05, 3.63) is 0 Å². The van der Waals surface area contributed by atoms with E-state index in [0.29, 0.717) is 0 Å². The standard InChI is InChI=1S/C12H19NO4/c1-12(11(15)16)8-13(10(14)7-17-12)9-5-3-2-4-6-9/h9H,2-8H2,1H3,(H,15,16). The van der Waals surface area contributed by atoms with Gasteiger partial charge in [-0.05, 0) is 19.8 Å². The molecule has 1 atom stereocenters. The second-order valence-corrected chi connectivity index (χ2v) is 5.14. The van der Waals surface area contributed by atoms with Crippen molar-refractivity contribution in [1.29, 1.82) is 0 Å². The van der Waals surface area contributed by atoms with E-state index in [9.17, 15) is 9.59 Å². The molecule has 17 heavy (non-hydrogen) atoms. The highest BCUT2D eigenvalue weighted by molar-refractivity contribution is 5.84. The van der Waals surface area contributed by atoms with Crippen LogP contribution in [-0.4, -0.2) is 46.7 Å². The molecule has 1 saturated heterocycles. The molecule has 96 valence electrons. The van der Waals surface area contributed by atoms with Gasteiger partial charge in [0.15, 0.2) is 5.60 Å². The Labute approximate surface area is 101 Å². The molecule has 2 aliphatic rings. The number of carboxylic acid groups (broad SMARTS) is 1. The molecule has 1 N–H and O–H groups in total. The number of hydrogen-bond donors (Lipinski definition) is 1. The first kappa shape index (κ1) is 12.4. The largest absolute Gasteiger partial charge is 0.479 e. The maximum atomic E-state index is 11.8. The second-order valence-electron chi connectivity index (χ2n) is 5.14. The van der Waals surface area contributed by atoms with Crippen molar-refractivity contribution in [1.82, 2.24) is 4.90 Å². The number of nitrogens with zero attached hydrogens (tertiary/aromatic N) is 1. The molecule has 1 saturated carbocycles. The Hall–Kier alpha value is -1.10. The molecule has 0 radical (unpaired) electrons. The van der Waals surface area contributed by atoms with Crippen LogP contribution in [0.2, 0.25) is 0 Å². The lowest BCUT2D eigenvalue weighted by molar-refractivity contribution is -0.184. The first-order chi connectivity index (χ1) is 8.03. The summed E-state index contributed by atoms with van der Waals surface area (Å²) in [6, 6.07) is 0.207. The number of morpholine rings is 1. The van der Waals surface area contributed by atoms with E-state index >= 15 is 0 Å². The predicted octanol–water partition coefficient (Wildman–Crippen LogP) is 1.02. The van der Waals surface area contributed by atoms with Crippen molar-refractivity contribution in [3.63, 3.8) is 0 Å². The van der Waals surface area contributed by atoms with Crippen LogP contribution in [0.25, 0.3) is 0 Å². The van der Waals surface area contributed by atoms with Crippen LogP contribution < -0.4 is 0 Å². The van der Waals surface area contributed by atoms with Gasteiger partial charge < -0.3 is 14.7 Å². The van der Waals surface area contributed by atoms with E-state index < -0.39 is 11.6 Å². The van der Waals surface area contributed by atoms with E-state index in [1.54, 1.807) is 4.90 Å². The highest BCUT2D eigenvalue weighted by Gasteiger charge is 2.44. The Morgan fingerprint density at radius 2 is 2.06 bits per heavy atom. The lowest BCUT2D eigenvalue weighted by Crippen LogP contribution is -2.59. The second kappa shape index (κ2) is 4.64. The summed E-state index contributed by atoms with van der Waals surface area (Å²) in [5.41, 5.74) is -1.24. The van der Waals surface area contributed by atoms with Crippen LogP contribution in [0.1, 0.15) is 39.0 Å². The average molecular weight is 241 g/mol. The molecule has 0 bridgehead atoms. The highest BCUT2D eigenvalue weighted by Crippen LogP contribution is 2.27. The summed E-state index contributed by atoms with van der Waals surface area (Å²) < 4.78 is 5.17. The maximum Gasteiger partial charge on any atom is 0.337 e. The van der Waals surface area contributed by atoms with Gasteiger partial charge in [-0.3, -0.25) is 4.79 Å². The molecular weight excluding hydrogens is 222 g/mol. The van der Waals surface area contributed by atoms with Crippen LogP contribution >= 0.6 is 0 Å². The van der Waals surface area contributed by atoms with Crippen LogP contribution in [0.3, 0.4) is 0 Å². The smallest absolute Gasteiger partial charge is 0.337 e. The summed E-state index contributed by atoms with van der Waals surface area (Å²) in [5.74, 6) is -1.07. The number of rotatable bonds is 2. The molecule has 5 heteroatoms. The highest BCUT2D eigenvalue weighted by atomic mass is 16.5. The van der Waals surface area contributed by atoms with Gasteiger partial charge in [0, 0.05) is 6.04 Å². The zero-order valence-corrected chi connectivity index (χ0v) is 10.1. The molecule has 1 unspecified atom stereocenters. The Bertz CT molecular complexity index is 324. The third-order valence-corrected chi connectivity index (χ3v) is 3.77. The number of amides is 1. The van der Waals surface area contributed by atoms with Crippen LogP contribution in [0.4, 0.5) is 0 Å². The van der Waals surface area contributed by atoms with Crippen molar-refractivity contribution in [3.8, 4) is 0 Å². The van der Waals surface area contributed by atoms with Gasteiger partial charge in [-0.15, -0.1) is 0 Å². The molecule has 1 amide bonds. The van der Waals surface area contributed by atoms with Crippen LogP contribution in [0.5, 0.6) is 0 Å². The third kappa shape index (κ3) is 2.44. The van der Waals surface area contributed by atoms with Gasteiger partial charge in [-0.25, -0.2) is 4.79 Å². The first-order valence-electron chi connectivity index (χ1n) is 6.20. The molecular formula is C12H19NO4. The summed E-state index contributed by atoms with van der Waals surface area (Å²) in [6.45, 7) is 1.60. The van der Waals surface area contributed by atoms with Gasteiger partial charge in [0.25, 0.3) is 0 Å². The quantitative estimate of drug-likeness (QED) is 0.784. The summed E-state index contributed by atoms with van der Waals surface area (Å²) in [4.78, 5) is 24.7. The van der Waals surface area contributed by atoms with Gasteiger partial charge in [-0.2, -0.15) is 0 Å². The van der Waals surface area contributed by atoms with E-state index in [-0.39, 0.29) is 25.1 Å². The van der Waals surface area contributed by atoms with Crippen molar-refractivity contribution in [2.75, 3.05) is 13.2 Å². The zero-order chi connectivity index (χ0) is 12.5. The van der Waals surface area contributed by atoms with Gasteiger partial charge in [-0.1, -0.05) is 19.3 Å². The Morgan fingerprint density at radius 3 is 2.65 bits per heavy atom. The number of hydrogen-bond acceptors (Lipinski definition) is 3. The Balaban J connectivity index is 2.09. The summed E-state index contributed by atoms with van der Waals surface area (Å²) in [6.07, 6.45) is 5.44. The van der Waals surface area contributed by atoms with E-state index in [0.717, 1.165) is 25.7 Å². The first-order valence-corrected chi connectivity index (χ1v) is 6.20. The van der Waals surface area contributed by atoms with Crippen molar-refractivity contribution in [2.45, 2.75) is 50.7 Å². The van der Waals surface area contributed by atoms with E-state index in [1.165, 1.54) is 13.3 Å². The van der Waals surface area contributed by atoms with Crippen LogP contribution in [0.15, 0.2) is 0 Å². The average Bonchev–Trinajstić information content (AvgIpc) is 2.33. The van der Waals surface area contributed by atoms with Crippen molar-refractivity contribution >= 4 is 11.9 Å². The minimum absolute atomic E-state index is 0.0735. The lowest BCUT2D eigenvalue weighted by Gasteiger charge is -2.42. The Morgan fingerprint density at radius 1 is 1.41 bits per heavy atom. The van der Waals surface area contributed by atoms with Gasteiger partial charge in [0.2, 0.25) is 5.91 Å². The van der Waals surface area contributed by atoms with Crippen LogP contribution in [-0.2, 0) is 14.3 Å². The summed E-state index contributed by atoms with van der Waals surface area (Å²) >= 11 is 0. The number of carboxylic acids is 1. The number of carbonyl (C=O) groups is 2. The SMILES string of the molecule is CC1(C(=O)O)CN(C2CCCCC2)C(=O)CO1. The minimum atomic E-state index is -1.24. The third-order valence-electron chi connectivity index (χ3n) is 3.77. The van der Waals surface area contributed by atoms with E-state index in [2.05, 4.69) is 0 Å². The number of aliphatic carboxylic acids is 1. The maximum absolute atomic E-state index is 11.8. The summed E-state index contributed by atoms with van der Waals surface area (Å²) in [5, 5.41) is 9.14. The minimum Gasteiger partial charge on any atom is -0.479 e. The lowest BCUT2D eigenvalue weighted by atomic mass is 9.92. The van der Waals surface area contributed by atoms with Gasteiger partial charge in [0.05, 0.1) is 6.54 Å². The number of carbonyl (C=O) groups excluding carboxylic acids is 1. The van der Waals surface area contributed by atoms with Crippen molar-refractivity contribution < 1.29 is 19.4 Å². The summed E-state index contributed by atoms with van der Waals surface area (Å²) in [7, 11) is 0. The molecule has 0 aromatic heterocycles. The molecule has 2 rings (SSSR count). The predicted molar refractivity (Wildman–Crippen MR) is 60.6 cm³/mol. The van der Waals surface area contributed by atoms with Crippen molar-refractivity contribution in [2.24, 2.45) is 0 Å². The normalized spacial score (nSPS) is 31.6. The monoisotopic (exact) mass is 241 g/mol. The molecule has 1 aliphatic heterocycles. The molecule has 0 aromatic rings. The van der Waals surface area contributed by atoms with Crippen LogP contribution in [0, 0.1) is 0 Å². The fourth-order valence-electron chi connectivity index (χ4n) is 2.62. The molecule has 1 heterocycles. The molecule has 0 aromatic carbocycles. The topological polar surface area (TPSA) is 66.8 Å². The zero-order valence-electron chi connectivity index (χ0n) is 10.1. The van der Waals surface area contributed by atoms with Gasteiger partial charge >= 0.3 is 5.97 Å². The molecule has 2 fully saturated rings. The molecule has 0 spiro atoms. The number of ether oxygens (including phenoxy) is 1. The van der Waals surface area contributed by atoms with E-state index in [4.69, 9.17) is 9.84 Å². The molecule has 5 nitrogen and oxygen atoms in total. The van der Waals surface area contributed by atoms with E-state index in [1.807, 2.05) is 0 Å². The molecule has 1 aliphatic carbocycles. The van der Waals surface area contributed by atoms with Gasteiger partial charge in [0.1, 0.15) is 6.61 Å². The Kier molecular flexibility index (Phi) is 3.38. The fraction of sp³-hybridized carbons (Fsp3) is 0.833. The fourth-order valence-corrected chi connectivity index (χ4v) is 2.62.